The summed E-state index contributed by atoms with van der Waals surface area (Å²) in [6.07, 6.45) is -0.0249. The number of halogens is 1. The molecule has 18 heavy (non-hydrogen) atoms. The van der Waals surface area contributed by atoms with Crippen molar-refractivity contribution >= 4 is 11.9 Å². The fourth-order valence-corrected chi connectivity index (χ4v) is 1.64. The van der Waals surface area contributed by atoms with Gasteiger partial charge in [0.2, 0.25) is 0 Å². The number of aliphatic carboxylic acids is 1. The Labute approximate surface area is 104 Å². The number of hydrogen-bond donors (Lipinski definition) is 3. The molecule has 0 fully saturated rings. The molecule has 1 aromatic rings. The van der Waals surface area contributed by atoms with Crippen LogP contribution in [0.4, 0.5) is 4.39 Å². The number of carboxylic acids is 1. The van der Waals surface area contributed by atoms with Crippen LogP contribution in [-0.4, -0.2) is 30.1 Å². The standard InChI is InChI=1S/C12H15FN2O3/c1-6-7(4-10(14)12(17)18)3-8(13)5-9(6)11(16)15-2/h3,5,10H,4,14H2,1-2H3,(H,15,16)(H,17,18). The van der Waals surface area contributed by atoms with Gasteiger partial charge in [0.05, 0.1) is 0 Å². The maximum absolute atomic E-state index is 13.4. The summed E-state index contributed by atoms with van der Waals surface area (Å²) in [6, 6.07) is 1.19. The van der Waals surface area contributed by atoms with Crippen LogP contribution >= 0.6 is 0 Å². The quantitative estimate of drug-likeness (QED) is 0.727. The second-order valence-electron chi connectivity index (χ2n) is 3.97. The average molecular weight is 254 g/mol. The van der Waals surface area contributed by atoms with Crippen molar-refractivity contribution in [2.24, 2.45) is 5.73 Å². The molecule has 0 aliphatic heterocycles. The lowest BCUT2D eigenvalue weighted by Crippen LogP contribution is -2.32. The number of carboxylic acid groups (broad SMARTS) is 1. The highest BCUT2D eigenvalue weighted by Crippen LogP contribution is 2.18. The fourth-order valence-electron chi connectivity index (χ4n) is 1.64. The summed E-state index contributed by atoms with van der Waals surface area (Å²) in [5, 5.41) is 11.1. The van der Waals surface area contributed by atoms with Crippen molar-refractivity contribution in [2.45, 2.75) is 19.4 Å². The zero-order chi connectivity index (χ0) is 13.9. The molecule has 0 aliphatic rings. The van der Waals surface area contributed by atoms with Gasteiger partial charge in [-0.15, -0.1) is 0 Å². The lowest BCUT2D eigenvalue weighted by molar-refractivity contribution is -0.138. The fraction of sp³-hybridized carbons (Fsp3) is 0.333. The number of rotatable bonds is 4. The van der Waals surface area contributed by atoms with Crippen LogP contribution in [0.15, 0.2) is 12.1 Å². The lowest BCUT2D eigenvalue weighted by Gasteiger charge is -2.13. The Hall–Kier alpha value is -1.95. The van der Waals surface area contributed by atoms with E-state index in [-0.39, 0.29) is 12.0 Å². The molecular formula is C12H15FN2O3. The largest absolute Gasteiger partial charge is 0.480 e. The normalized spacial score (nSPS) is 12.0. The van der Waals surface area contributed by atoms with Crippen LogP contribution in [-0.2, 0) is 11.2 Å². The second-order valence-corrected chi connectivity index (χ2v) is 3.97. The van der Waals surface area contributed by atoms with Crippen molar-refractivity contribution in [1.29, 1.82) is 0 Å². The van der Waals surface area contributed by atoms with Crippen LogP contribution in [0.5, 0.6) is 0 Å². The minimum Gasteiger partial charge on any atom is -0.480 e. The maximum Gasteiger partial charge on any atom is 0.320 e. The molecule has 1 aromatic carbocycles. The van der Waals surface area contributed by atoms with Gasteiger partial charge in [-0.3, -0.25) is 9.59 Å². The minimum absolute atomic E-state index is 0.0249. The first kappa shape index (κ1) is 14.1. The van der Waals surface area contributed by atoms with Gasteiger partial charge < -0.3 is 16.2 Å². The molecule has 0 spiro atoms. The highest BCUT2D eigenvalue weighted by molar-refractivity contribution is 5.95. The van der Waals surface area contributed by atoms with Crippen molar-refractivity contribution in [3.8, 4) is 0 Å². The Balaban J connectivity index is 3.17. The monoisotopic (exact) mass is 254 g/mol. The molecule has 0 saturated carbocycles. The van der Waals surface area contributed by atoms with Crippen LogP contribution in [0.3, 0.4) is 0 Å². The molecular weight excluding hydrogens is 239 g/mol. The Morgan fingerprint density at radius 1 is 1.50 bits per heavy atom. The van der Waals surface area contributed by atoms with Gasteiger partial charge in [0.1, 0.15) is 11.9 Å². The molecule has 0 heterocycles. The molecule has 0 bridgehead atoms. The smallest absolute Gasteiger partial charge is 0.320 e. The molecule has 5 nitrogen and oxygen atoms in total. The summed E-state index contributed by atoms with van der Waals surface area (Å²) >= 11 is 0. The van der Waals surface area contributed by atoms with E-state index in [1.54, 1.807) is 6.92 Å². The first-order chi connectivity index (χ1) is 8.36. The van der Waals surface area contributed by atoms with Crippen molar-refractivity contribution in [3.05, 3.63) is 34.6 Å². The van der Waals surface area contributed by atoms with Crippen LogP contribution in [0.2, 0.25) is 0 Å². The van der Waals surface area contributed by atoms with Gasteiger partial charge >= 0.3 is 5.97 Å². The average Bonchev–Trinajstić information content (AvgIpc) is 2.32. The minimum atomic E-state index is -1.17. The number of nitrogens with one attached hydrogen (secondary N) is 1. The molecule has 1 unspecified atom stereocenters. The summed E-state index contributed by atoms with van der Waals surface area (Å²) in [4.78, 5) is 22.2. The van der Waals surface area contributed by atoms with E-state index < -0.39 is 23.7 Å². The van der Waals surface area contributed by atoms with Gasteiger partial charge in [-0.2, -0.15) is 0 Å². The predicted molar refractivity (Wildman–Crippen MR) is 63.8 cm³/mol. The third-order valence-corrected chi connectivity index (χ3v) is 2.71. The summed E-state index contributed by atoms with van der Waals surface area (Å²) in [5.74, 6) is -2.18. The Bertz CT molecular complexity index is 488. The number of hydrogen-bond acceptors (Lipinski definition) is 3. The molecule has 1 rings (SSSR count). The maximum atomic E-state index is 13.4. The zero-order valence-corrected chi connectivity index (χ0v) is 10.2. The second kappa shape index (κ2) is 5.59. The Morgan fingerprint density at radius 3 is 2.61 bits per heavy atom. The van der Waals surface area contributed by atoms with E-state index in [2.05, 4.69) is 5.32 Å². The molecule has 4 N–H and O–H groups in total. The van der Waals surface area contributed by atoms with E-state index in [4.69, 9.17) is 10.8 Å². The van der Waals surface area contributed by atoms with E-state index in [0.29, 0.717) is 11.1 Å². The molecule has 6 heteroatoms. The zero-order valence-electron chi connectivity index (χ0n) is 10.2. The third-order valence-electron chi connectivity index (χ3n) is 2.71. The first-order valence-electron chi connectivity index (χ1n) is 5.36. The summed E-state index contributed by atoms with van der Waals surface area (Å²) in [7, 11) is 1.44. The first-order valence-corrected chi connectivity index (χ1v) is 5.36. The van der Waals surface area contributed by atoms with E-state index in [1.807, 2.05) is 0 Å². The van der Waals surface area contributed by atoms with Crippen LogP contribution in [0.25, 0.3) is 0 Å². The highest BCUT2D eigenvalue weighted by Gasteiger charge is 2.18. The van der Waals surface area contributed by atoms with Gasteiger partial charge in [0.25, 0.3) is 5.91 Å². The molecule has 98 valence electrons. The predicted octanol–water partition coefficient (Wildman–Crippen LogP) is 0.448. The van der Waals surface area contributed by atoms with E-state index in [9.17, 15) is 14.0 Å². The molecule has 0 saturated heterocycles. The number of nitrogens with two attached hydrogens (primary N) is 1. The van der Waals surface area contributed by atoms with E-state index >= 15 is 0 Å². The van der Waals surface area contributed by atoms with Crippen LogP contribution in [0, 0.1) is 12.7 Å². The van der Waals surface area contributed by atoms with Crippen molar-refractivity contribution < 1.29 is 19.1 Å². The van der Waals surface area contributed by atoms with E-state index in [0.717, 1.165) is 6.07 Å². The van der Waals surface area contributed by atoms with Gasteiger partial charge in [-0.25, -0.2) is 4.39 Å². The molecule has 1 amide bonds. The third kappa shape index (κ3) is 3.04. The number of carbonyl (C=O) groups excluding carboxylic acids is 1. The molecule has 0 radical (unpaired) electrons. The van der Waals surface area contributed by atoms with Gasteiger partial charge in [-0.1, -0.05) is 0 Å². The number of benzene rings is 1. The SMILES string of the molecule is CNC(=O)c1cc(F)cc(CC(N)C(=O)O)c1C. The van der Waals surface area contributed by atoms with Crippen molar-refractivity contribution in [3.63, 3.8) is 0 Å². The summed E-state index contributed by atoms with van der Waals surface area (Å²) in [5.41, 5.74) is 6.54. The highest BCUT2D eigenvalue weighted by atomic mass is 19.1. The molecule has 1 atom stereocenters. The van der Waals surface area contributed by atoms with Crippen LogP contribution < -0.4 is 11.1 Å². The lowest BCUT2D eigenvalue weighted by atomic mass is 9.96. The van der Waals surface area contributed by atoms with Crippen molar-refractivity contribution in [2.75, 3.05) is 7.05 Å². The van der Waals surface area contributed by atoms with Crippen molar-refractivity contribution in [1.82, 2.24) is 5.32 Å². The van der Waals surface area contributed by atoms with Crippen LogP contribution in [0.1, 0.15) is 21.5 Å². The van der Waals surface area contributed by atoms with Gasteiger partial charge in [0.15, 0.2) is 0 Å². The topological polar surface area (TPSA) is 92.4 Å². The molecule has 0 aliphatic carbocycles. The van der Waals surface area contributed by atoms with Gasteiger partial charge in [0, 0.05) is 12.6 Å². The Kier molecular flexibility index (Phi) is 4.38. The Morgan fingerprint density at radius 2 is 2.11 bits per heavy atom. The van der Waals surface area contributed by atoms with Gasteiger partial charge in [-0.05, 0) is 36.6 Å². The summed E-state index contributed by atoms with van der Waals surface area (Å²) in [6.45, 7) is 1.63. The number of amides is 1. The van der Waals surface area contributed by atoms with E-state index in [1.165, 1.54) is 13.1 Å². The molecule has 0 aromatic heterocycles. The number of carbonyl (C=O) groups is 2. The summed E-state index contributed by atoms with van der Waals surface area (Å²) < 4.78 is 13.4.